The van der Waals surface area contributed by atoms with Gasteiger partial charge in [0.1, 0.15) is 11.9 Å². The summed E-state index contributed by atoms with van der Waals surface area (Å²) in [6.45, 7) is 2.05. The van der Waals surface area contributed by atoms with Crippen LogP contribution in [0.1, 0.15) is 74.4 Å². The van der Waals surface area contributed by atoms with Crippen LogP contribution in [-0.2, 0) is 11.8 Å². The third kappa shape index (κ3) is 5.79. The molecule has 1 aliphatic heterocycles. The van der Waals surface area contributed by atoms with Gasteiger partial charge in [0.15, 0.2) is 17.5 Å². The van der Waals surface area contributed by atoms with E-state index in [4.69, 9.17) is 19.7 Å². The molecule has 5 heteroatoms. The highest BCUT2D eigenvalue weighted by Gasteiger charge is 2.45. The Morgan fingerprint density at radius 3 is 2.31 bits per heavy atom. The largest absolute Gasteiger partial charge is 0.486 e. The van der Waals surface area contributed by atoms with Crippen molar-refractivity contribution < 1.29 is 4.74 Å². The van der Waals surface area contributed by atoms with Gasteiger partial charge in [-0.15, -0.1) is 0 Å². The molecule has 1 spiro atoms. The van der Waals surface area contributed by atoms with E-state index in [1.54, 1.807) is 5.57 Å². The van der Waals surface area contributed by atoms with E-state index in [1.165, 1.54) is 54.4 Å². The molecule has 0 saturated heterocycles. The van der Waals surface area contributed by atoms with E-state index >= 15 is 0 Å². The lowest BCUT2D eigenvalue weighted by Crippen LogP contribution is -2.30. The first-order valence-corrected chi connectivity index (χ1v) is 18.6. The molecule has 52 heavy (non-hydrogen) atoms. The minimum Gasteiger partial charge on any atom is -0.486 e. The number of rotatable bonds is 4. The summed E-state index contributed by atoms with van der Waals surface area (Å²) in [6, 6.07) is 36.4. The molecule has 1 unspecified atom stereocenters. The second-order valence-corrected chi connectivity index (χ2v) is 14.5. The molecule has 4 aliphatic rings. The molecule has 4 aromatic carbocycles. The van der Waals surface area contributed by atoms with Gasteiger partial charge < -0.3 is 4.74 Å². The van der Waals surface area contributed by atoms with E-state index in [9.17, 15) is 5.26 Å². The number of allylic oxidation sites excluding steroid dienone is 7. The van der Waals surface area contributed by atoms with Crippen molar-refractivity contribution in [3.05, 3.63) is 155 Å². The average molecular weight is 677 g/mol. The van der Waals surface area contributed by atoms with Gasteiger partial charge in [-0.05, 0) is 103 Å². The summed E-state index contributed by atoms with van der Waals surface area (Å²) in [5.74, 6) is 2.81. The van der Waals surface area contributed by atoms with Gasteiger partial charge in [0.25, 0.3) is 0 Å². The molecule has 5 aromatic rings. The van der Waals surface area contributed by atoms with Crippen LogP contribution in [0.2, 0.25) is 0 Å². The van der Waals surface area contributed by atoms with Crippen LogP contribution in [0.3, 0.4) is 0 Å². The molecule has 1 fully saturated rings. The lowest BCUT2D eigenvalue weighted by atomic mass is 9.65. The van der Waals surface area contributed by atoms with E-state index < -0.39 is 0 Å². The van der Waals surface area contributed by atoms with Gasteiger partial charge >= 0.3 is 0 Å². The number of fused-ring (bicyclic) bond motifs is 5. The number of nitrogens with zero attached hydrogens (tertiary/aromatic N) is 4. The number of nitriles is 1. The summed E-state index contributed by atoms with van der Waals surface area (Å²) in [5, 5.41) is 9.76. The fourth-order valence-corrected chi connectivity index (χ4v) is 8.71. The van der Waals surface area contributed by atoms with Crippen molar-refractivity contribution in [3.63, 3.8) is 0 Å². The summed E-state index contributed by atoms with van der Waals surface area (Å²) in [5.41, 5.74) is 12.9. The maximum atomic E-state index is 9.76. The second kappa shape index (κ2) is 13.4. The lowest BCUT2D eigenvalue weighted by Gasteiger charge is -2.38. The number of para-hydroxylation sites is 1. The van der Waals surface area contributed by atoms with Crippen molar-refractivity contribution in [2.24, 2.45) is 0 Å². The van der Waals surface area contributed by atoms with Crippen LogP contribution in [0.15, 0.2) is 133 Å². The van der Waals surface area contributed by atoms with E-state index in [0.29, 0.717) is 23.9 Å². The normalized spacial score (nSPS) is 20.4. The Morgan fingerprint density at radius 1 is 0.731 bits per heavy atom. The Kier molecular flexibility index (Phi) is 8.24. The smallest absolute Gasteiger partial charge is 0.164 e. The standard InChI is InChI=1S/C47H40N4O/c1-31-17-19-35(21-20-33-11-6-7-16-43(33)52-31)45-49-44(34-12-4-2-5-13-34)50-46(51-45)38-15-10-14-36(28-38)37-22-23-39-40-27-32(30-48)18-24-41(40)47(42(39)29-37)25-8-3-9-26-47/h2,4-7,10-17,19,21-23,27-29,31H,3,8-9,18,20,24-26H2,1H3/b19-17-,35-21+. The molecule has 5 nitrogen and oxygen atoms in total. The minimum atomic E-state index is -0.112. The van der Waals surface area contributed by atoms with Gasteiger partial charge in [-0.1, -0.05) is 116 Å². The molecule has 1 atom stereocenters. The fraction of sp³-hybridized carbons (Fsp3) is 0.234. The number of hydrogen-bond acceptors (Lipinski definition) is 5. The Hall–Kier alpha value is -5.86. The van der Waals surface area contributed by atoms with Crippen molar-refractivity contribution >= 4 is 11.1 Å². The van der Waals surface area contributed by atoms with Gasteiger partial charge in [-0.2, -0.15) is 5.26 Å². The first-order valence-electron chi connectivity index (χ1n) is 18.6. The van der Waals surface area contributed by atoms with E-state index in [2.05, 4.69) is 91.9 Å². The monoisotopic (exact) mass is 676 g/mol. The average Bonchev–Trinajstić information content (AvgIpc) is 3.50. The summed E-state index contributed by atoms with van der Waals surface area (Å²) in [7, 11) is 0. The molecule has 0 amide bonds. The predicted molar refractivity (Wildman–Crippen MR) is 208 cm³/mol. The molecule has 9 rings (SSSR count). The number of aromatic nitrogens is 3. The first kappa shape index (κ1) is 32.1. The third-order valence-corrected chi connectivity index (χ3v) is 11.3. The van der Waals surface area contributed by atoms with Crippen molar-refractivity contribution in [1.82, 2.24) is 15.0 Å². The molecule has 0 bridgehead atoms. The molecule has 1 saturated carbocycles. The summed E-state index contributed by atoms with van der Waals surface area (Å²) in [6.07, 6.45) is 17.1. The van der Waals surface area contributed by atoms with Crippen molar-refractivity contribution in [3.8, 4) is 45.7 Å². The van der Waals surface area contributed by atoms with Gasteiger partial charge in [0.2, 0.25) is 0 Å². The first-order chi connectivity index (χ1) is 25.6. The maximum Gasteiger partial charge on any atom is 0.164 e. The van der Waals surface area contributed by atoms with Gasteiger partial charge in [-0.3, -0.25) is 0 Å². The fourth-order valence-electron chi connectivity index (χ4n) is 8.71. The number of hydrogen-bond donors (Lipinski definition) is 0. The Labute approximate surface area is 305 Å². The van der Waals surface area contributed by atoms with E-state index in [-0.39, 0.29) is 11.5 Å². The van der Waals surface area contributed by atoms with Crippen LogP contribution in [0.5, 0.6) is 5.75 Å². The lowest BCUT2D eigenvalue weighted by molar-refractivity contribution is 0.268. The SMILES string of the molecule is CC1/C=C\C(c2nc(-c3ccccc3)nc(-c3cccc(-c4ccc5c(c4)C4(CCCCC4)C4=C5C=C(C#N)CC4)c3)n2)=C/Cc2ccccc2O1. The summed E-state index contributed by atoms with van der Waals surface area (Å²) in [4.78, 5) is 15.2. The van der Waals surface area contributed by atoms with Crippen molar-refractivity contribution in [2.45, 2.75) is 69.8 Å². The highest BCUT2D eigenvalue weighted by atomic mass is 16.5. The Morgan fingerprint density at radius 2 is 1.46 bits per heavy atom. The molecule has 1 aromatic heterocycles. The third-order valence-electron chi connectivity index (χ3n) is 11.3. The zero-order chi connectivity index (χ0) is 35.1. The molecule has 2 heterocycles. The Balaban J connectivity index is 1.13. The highest BCUT2D eigenvalue weighted by Crippen LogP contribution is 2.58. The second-order valence-electron chi connectivity index (χ2n) is 14.5. The maximum absolute atomic E-state index is 9.76. The highest BCUT2D eigenvalue weighted by molar-refractivity contribution is 5.90. The Bertz CT molecular complexity index is 2370. The minimum absolute atomic E-state index is 0.0858. The van der Waals surface area contributed by atoms with Crippen LogP contribution in [-0.4, -0.2) is 21.1 Å². The molecule has 3 aliphatic carbocycles. The van der Waals surface area contributed by atoms with Crippen molar-refractivity contribution in [2.75, 3.05) is 0 Å². The zero-order valence-corrected chi connectivity index (χ0v) is 29.5. The quantitative estimate of drug-likeness (QED) is 0.189. The van der Waals surface area contributed by atoms with E-state index in [0.717, 1.165) is 52.0 Å². The number of ether oxygens (including phenoxy) is 1. The predicted octanol–water partition coefficient (Wildman–Crippen LogP) is 11.0. The molecule has 0 radical (unpaired) electrons. The number of benzene rings is 4. The summed E-state index contributed by atoms with van der Waals surface area (Å²) < 4.78 is 6.25. The molecular weight excluding hydrogens is 637 g/mol. The molecule has 0 N–H and O–H groups in total. The van der Waals surface area contributed by atoms with E-state index in [1.807, 2.05) is 42.5 Å². The molecule has 254 valence electrons. The van der Waals surface area contributed by atoms with Crippen LogP contribution >= 0.6 is 0 Å². The summed E-state index contributed by atoms with van der Waals surface area (Å²) >= 11 is 0. The van der Waals surface area contributed by atoms with Crippen LogP contribution in [0.4, 0.5) is 0 Å². The topological polar surface area (TPSA) is 71.7 Å². The van der Waals surface area contributed by atoms with Crippen molar-refractivity contribution in [1.29, 1.82) is 5.26 Å². The van der Waals surface area contributed by atoms with Crippen LogP contribution in [0, 0.1) is 11.3 Å². The van der Waals surface area contributed by atoms with Crippen LogP contribution in [0.25, 0.3) is 45.0 Å². The van der Waals surface area contributed by atoms with Gasteiger partial charge in [0.05, 0.1) is 6.07 Å². The van der Waals surface area contributed by atoms with Gasteiger partial charge in [-0.25, -0.2) is 15.0 Å². The molecular formula is C47H40N4O. The van der Waals surface area contributed by atoms with Crippen LogP contribution < -0.4 is 4.74 Å². The zero-order valence-electron chi connectivity index (χ0n) is 29.5. The van der Waals surface area contributed by atoms with Gasteiger partial charge in [0, 0.05) is 27.7 Å².